The van der Waals surface area contributed by atoms with Gasteiger partial charge in [0.15, 0.2) is 0 Å². The third-order valence-electron chi connectivity index (χ3n) is 1.82. The van der Waals surface area contributed by atoms with Crippen molar-refractivity contribution in [3.63, 3.8) is 0 Å². The fourth-order valence-corrected chi connectivity index (χ4v) is 1.16. The molecule has 0 saturated carbocycles. The van der Waals surface area contributed by atoms with Crippen LogP contribution >= 0.6 is 0 Å². The van der Waals surface area contributed by atoms with Crippen LogP contribution in [0.2, 0.25) is 0 Å². The topological polar surface area (TPSA) is 125 Å². The van der Waals surface area contributed by atoms with E-state index in [1.54, 1.807) is 0 Å². The molecule has 2 aromatic heterocycles. The summed E-state index contributed by atoms with van der Waals surface area (Å²) in [6.45, 7) is 0.197. The number of nitrogens with two attached hydrogens (primary N) is 1. The first-order valence-corrected chi connectivity index (χ1v) is 3.86. The van der Waals surface area contributed by atoms with E-state index in [0.717, 1.165) is 4.57 Å². The van der Waals surface area contributed by atoms with Crippen LogP contribution in [0.15, 0.2) is 15.8 Å². The summed E-state index contributed by atoms with van der Waals surface area (Å²) in [5.74, 6) is 0.292. The Morgan fingerprint density at radius 3 is 2.57 bits per heavy atom. The van der Waals surface area contributed by atoms with Crippen LogP contribution in [0.3, 0.4) is 0 Å². The van der Waals surface area contributed by atoms with Gasteiger partial charge in [-0.15, -0.1) is 0 Å². The van der Waals surface area contributed by atoms with Gasteiger partial charge in [0, 0.05) is 12.1 Å². The van der Waals surface area contributed by atoms with Gasteiger partial charge >= 0.3 is 11.4 Å². The van der Waals surface area contributed by atoms with Gasteiger partial charge in [0.1, 0.15) is 5.82 Å². The Morgan fingerprint density at radius 1 is 1.36 bits per heavy atom. The summed E-state index contributed by atoms with van der Waals surface area (Å²) >= 11 is 0. The Morgan fingerprint density at radius 2 is 2.00 bits per heavy atom. The molecule has 0 bridgehead atoms. The Kier molecular flexibility index (Phi) is 1.82. The van der Waals surface area contributed by atoms with Crippen molar-refractivity contribution in [3.8, 4) is 5.82 Å². The highest BCUT2D eigenvalue weighted by atomic mass is 16.2. The summed E-state index contributed by atoms with van der Waals surface area (Å²) in [6, 6.07) is 0. The number of nitrogens with zero attached hydrogens (tertiary/aromatic N) is 2. The number of hydrogen-bond acceptors (Lipinski definition) is 4. The lowest BCUT2D eigenvalue weighted by atomic mass is 10.3. The van der Waals surface area contributed by atoms with Crippen molar-refractivity contribution >= 4 is 0 Å². The number of nitrogens with one attached hydrogen (secondary N) is 3. The van der Waals surface area contributed by atoms with Crippen LogP contribution in [0.4, 0.5) is 0 Å². The Balaban J connectivity index is 2.71. The third kappa shape index (κ3) is 1.09. The maximum atomic E-state index is 11.2. The van der Waals surface area contributed by atoms with Crippen LogP contribution in [0.5, 0.6) is 0 Å². The number of rotatable bonds is 2. The minimum Gasteiger partial charge on any atom is -0.326 e. The number of aromatic amines is 3. The smallest absolute Gasteiger partial charge is 0.326 e. The van der Waals surface area contributed by atoms with E-state index in [1.165, 1.54) is 6.20 Å². The number of aromatic nitrogens is 5. The van der Waals surface area contributed by atoms with Gasteiger partial charge in [-0.2, -0.15) is 9.67 Å². The molecule has 0 unspecified atom stereocenters. The zero-order valence-electron chi connectivity index (χ0n) is 7.07. The second kappa shape index (κ2) is 3.00. The van der Waals surface area contributed by atoms with E-state index in [2.05, 4.69) is 20.4 Å². The van der Waals surface area contributed by atoms with Gasteiger partial charge in [0.2, 0.25) is 0 Å². The molecule has 0 atom stereocenters. The minimum absolute atomic E-state index is 0.197. The van der Waals surface area contributed by atoms with E-state index in [1.807, 2.05) is 0 Å². The van der Waals surface area contributed by atoms with Crippen molar-refractivity contribution in [2.45, 2.75) is 6.54 Å². The van der Waals surface area contributed by atoms with Crippen molar-refractivity contribution < 1.29 is 0 Å². The molecule has 0 radical (unpaired) electrons. The van der Waals surface area contributed by atoms with Gasteiger partial charge in [-0.1, -0.05) is 0 Å². The molecule has 74 valence electrons. The fourth-order valence-electron chi connectivity index (χ4n) is 1.16. The first-order valence-electron chi connectivity index (χ1n) is 3.86. The molecule has 2 heterocycles. The monoisotopic (exact) mass is 196 g/mol. The molecule has 0 aliphatic rings. The lowest BCUT2D eigenvalue weighted by Crippen LogP contribution is -2.26. The molecule has 0 saturated heterocycles. The van der Waals surface area contributed by atoms with E-state index in [9.17, 15) is 9.59 Å². The maximum Gasteiger partial charge on any atom is 0.350 e. The van der Waals surface area contributed by atoms with Crippen molar-refractivity contribution in [2.24, 2.45) is 5.73 Å². The fraction of sp³-hybridized carbons (Fsp3) is 0.167. The number of hydrogen-bond donors (Lipinski definition) is 4. The van der Waals surface area contributed by atoms with Crippen LogP contribution in [0.1, 0.15) is 5.56 Å². The van der Waals surface area contributed by atoms with Crippen LogP contribution in [0, 0.1) is 0 Å². The standard InChI is InChI=1S/C6H8N6O2/c7-1-3-2-8-9-4(3)12-5(13)10-11-6(12)14/h2H,1,7H2,(H,8,9)(H,10,13)(H,11,14). The van der Waals surface area contributed by atoms with E-state index in [4.69, 9.17) is 5.73 Å². The highest BCUT2D eigenvalue weighted by Crippen LogP contribution is 2.04. The third-order valence-corrected chi connectivity index (χ3v) is 1.82. The molecule has 14 heavy (non-hydrogen) atoms. The van der Waals surface area contributed by atoms with E-state index < -0.39 is 11.4 Å². The van der Waals surface area contributed by atoms with Gasteiger partial charge in [-0.05, 0) is 0 Å². The molecule has 0 aliphatic heterocycles. The minimum atomic E-state index is -0.561. The molecule has 8 nitrogen and oxygen atoms in total. The average Bonchev–Trinajstić information content (AvgIpc) is 2.73. The van der Waals surface area contributed by atoms with Crippen LogP contribution in [-0.2, 0) is 6.54 Å². The summed E-state index contributed by atoms with van der Waals surface area (Å²) in [5.41, 5.74) is 4.88. The van der Waals surface area contributed by atoms with E-state index >= 15 is 0 Å². The molecular formula is C6H8N6O2. The lowest BCUT2D eigenvalue weighted by molar-refractivity contribution is 0.873. The Labute approximate surface area is 76.7 Å². The van der Waals surface area contributed by atoms with Crippen molar-refractivity contribution in [2.75, 3.05) is 0 Å². The number of H-pyrrole nitrogens is 3. The van der Waals surface area contributed by atoms with E-state index in [-0.39, 0.29) is 6.54 Å². The van der Waals surface area contributed by atoms with Crippen LogP contribution in [-0.4, -0.2) is 25.0 Å². The van der Waals surface area contributed by atoms with E-state index in [0.29, 0.717) is 11.4 Å². The second-order valence-electron chi connectivity index (χ2n) is 2.64. The zero-order valence-corrected chi connectivity index (χ0v) is 7.07. The van der Waals surface area contributed by atoms with Gasteiger partial charge in [0.05, 0.1) is 6.20 Å². The van der Waals surface area contributed by atoms with Gasteiger partial charge in [-0.3, -0.25) is 5.10 Å². The lowest BCUT2D eigenvalue weighted by Gasteiger charge is -1.96. The predicted octanol–water partition coefficient (Wildman–Crippen LogP) is -1.96. The quantitative estimate of drug-likeness (QED) is 0.444. The first kappa shape index (κ1) is 8.51. The molecule has 0 fully saturated rings. The molecule has 0 aliphatic carbocycles. The van der Waals surface area contributed by atoms with Crippen molar-refractivity contribution in [1.29, 1.82) is 0 Å². The maximum absolute atomic E-state index is 11.2. The Bertz CT molecular complexity index is 515. The second-order valence-corrected chi connectivity index (χ2v) is 2.64. The molecule has 0 amide bonds. The van der Waals surface area contributed by atoms with Gasteiger partial charge in [0.25, 0.3) is 0 Å². The molecule has 0 aromatic carbocycles. The summed E-state index contributed by atoms with van der Waals surface area (Å²) < 4.78 is 0.898. The van der Waals surface area contributed by atoms with Crippen molar-refractivity contribution in [1.82, 2.24) is 25.0 Å². The predicted molar refractivity (Wildman–Crippen MR) is 47.0 cm³/mol. The van der Waals surface area contributed by atoms with Gasteiger partial charge < -0.3 is 5.73 Å². The average molecular weight is 196 g/mol. The molecule has 2 rings (SSSR count). The van der Waals surface area contributed by atoms with Crippen molar-refractivity contribution in [3.05, 3.63) is 32.7 Å². The molecule has 2 aromatic rings. The molecule has 8 heteroatoms. The van der Waals surface area contributed by atoms with Crippen LogP contribution < -0.4 is 17.1 Å². The highest BCUT2D eigenvalue weighted by Gasteiger charge is 2.11. The Hall–Kier alpha value is -2.09. The molecular weight excluding hydrogens is 188 g/mol. The summed E-state index contributed by atoms with van der Waals surface area (Å²) in [4.78, 5) is 22.4. The first-order chi connectivity index (χ1) is 6.74. The normalized spacial score (nSPS) is 10.6. The summed E-state index contributed by atoms with van der Waals surface area (Å²) in [7, 11) is 0. The summed E-state index contributed by atoms with van der Waals surface area (Å²) in [5, 5.41) is 10.5. The largest absolute Gasteiger partial charge is 0.350 e. The molecule has 5 N–H and O–H groups in total. The highest BCUT2D eigenvalue weighted by molar-refractivity contribution is 5.30. The van der Waals surface area contributed by atoms with Crippen LogP contribution in [0.25, 0.3) is 5.82 Å². The molecule has 0 spiro atoms. The van der Waals surface area contributed by atoms with Gasteiger partial charge in [-0.25, -0.2) is 19.8 Å². The zero-order chi connectivity index (χ0) is 10.1. The SMILES string of the molecule is NCc1cn[nH]c1-n1c(=O)[nH][nH]c1=O. The summed E-state index contributed by atoms with van der Waals surface area (Å²) in [6.07, 6.45) is 1.47.